The maximum atomic E-state index is 12.8. The van der Waals surface area contributed by atoms with Gasteiger partial charge in [-0.3, -0.25) is 0 Å². The molecular weight excluding hydrogens is 583 g/mol. The van der Waals surface area contributed by atoms with Crippen LogP contribution in [0, 0.1) is 5.92 Å². The number of hydrogen-bond acceptors (Lipinski definition) is 5. The number of hydrogen-bond donors (Lipinski definition) is 2. The third-order valence-corrected chi connectivity index (χ3v) is 8.44. The Hall–Kier alpha value is -3.56. The van der Waals surface area contributed by atoms with E-state index >= 15 is 0 Å². The second-order valence-electron chi connectivity index (χ2n) is 9.65. The molecule has 3 aromatic carbocycles. The lowest BCUT2D eigenvalue weighted by Gasteiger charge is -2.31. The van der Waals surface area contributed by atoms with Gasteiger partial charge in [0.05, 0.1) is 11.3 Å². The van der Waals surface area contributed by atoms with Crippen LogP contribution in [0.3, 0.4) is 0 Å². The fourth-order valence-corrected chi connectivity index (χ4v) is 5.81. The molecule has 0 saturated heterocycles. The molecule has 1 unspecified atom stereocenters. The van der Waals surface area contributed by atoms with Gasteiger partial charge < -0.3 is 14.7 Å². The lowest BCUT2D eigenvalue weighted by molar-refractivity contribution is 0.0696. The number of aromatic carboxylic acids is 1. The highest BCUT2D eigenvalue weighted by Gasteiger charge is 2.28. The maximum absolute atomic E-state index is 12.8. The number of anilines is 1. The summed E-state index contributed by atoms with van der Waals surface area (Å²) in [5.41, 5.74) is 2.83. The summed E-state index contributed by atoms with van der Waals surface area (Å²) in [5, 5.41) is 16.8. The van der Waals surface area contributed by atoms with Gasteiger partial charge in [-0.05, 0) is 65.9 Å². The number of primary sulfonamides is 1. The second-order valence-corrected chi connectivity index (χ2v) is 12.0. The van der Waals surface area contributed by atoms with E-state index < -0.39 is 20.9 Å². The minimum atomic E-state index is -4.40. The number of allylic oxidation sites excluding steroid dienone is 4. The van der Waals surface area contributed by atoms with Crippen molar-refractivity contribution in [3.05, 3.63) is 118 Å². The first-order valence-electron chi connectivity index (χ1n) is 12.9. The summed E-state index contributed by atoms with van der Waals surface area (Å²) in [6, 6.07) is 16.7. The van der Waals surface area contributed by atoms with Crippen LogP contribution in [-0.2, 0) is 23.0 Å². The average Bonchev–Trinajstić information content (AvgIpc) is 2.94. The predicted molar refractivity (Wildman–Crippen MR) is 163 cm³/mol. The largest absolute Gasteiger partial charge is 0.478 e. The van der Waals surface area contributed by atoms with E-state index in [1.54, 1.807) is 36.4 Å². The Morgan fingerprint density at radius 1 is 1.12 bits per heavy atom. The number of carbonyl (C=O) groups is 1. The fourth-order valence-electron chi connectivity index (χ4n) is 4.64. The van der Waals surface area contributed by atoms with E-state index in [2.05, 4.69) is 6.58 Å². The summed E-state index contributed by atoms with van der Waals surface area (Å²) in [4.78, 5) is 13.6. The van der Waals surface area contributed by atoms with Crippen LogP contribution in [0.2, 0.25) is 5.02 Å². The molecule has 41 heavy (non-hydrogen) atoms. The quantitative estimate of drug-likeness (QED) is 0.220. The van der Waals surface area contributed by atoms with E-state index in [0.717, 1.165) is 22.8 Å². The fraction of sp³-hybridized carbons (Fsp3) is 0.194. The molecule has 10 heteroatoms. The lowest BCUT2D eigenvalue weighted by atomic mass is 9.93. The Labute approximate surface area is 250 Å². The van der Waals surface area contributed by atoms with Crippen LogP contribution in [0.5, 0.6) is 11.5 Å². The van der Waals surface area contributed by atoms with Crippen LogP contribution in [0.4, 0.5) is 5.69 Å². The maximum Gasteiger partial charge on any atom is 0.335 e. The Bertz CT molecular complexity index is 1640. The molecule has 0 spiro atoms. The van der Waals surface area contributed by atoms with Crippen molar-refractivity contribution in [2.45, 2.75) is 31.2 Å². The standard InChI is InChI=1S/C31H30Cl2N2O5S/c1-3-22-14-20(10-12-26(22)32)18-35(19-21-11-13-27(33)23(4-2)15-21)28-16-24(31(36)37)17-29(41(34,38)39)30(28)40-25-8-6-5-7-9-25/h3,5-13,15-17,22H,1,4,14,18-19H2,2H3,(H,36,37)(H2,34,38,39). The van der Waals surface area contributed by atoms with E-state index in [-0.39, 0.29) is 29.5 Å². The molecule has 1 aliphatic carbocycles. The molecule has 3 N–H and O–H groups in total. The van der Waals surface area contributed by atoms with Crippen molar-refractivity contribution in [3.63, 3.8) is 0 Å². The molecule has 1 aliphatic rings. The van der Waals surface area contributed by atoms with Crippen molar-refractivity contribution in [3.8, 4) is 11.5 Å². The smallest absolute Gasteiger partial charge is 0.335 e. The minimum absolute atomic E-state index is 0.0707. The zero-order valence-corrected chi connectivity index (χ0v) is 24.7. The Balaban J connectivity index is 1.93. The van der Waals surface area contributed by atoms with Crippen LogP contribution >= 0.6 is 23.2 Å². The highest BCUT2D eigenvalue weighted by atomic mass is 35.5. The molecule has 3 aromatic rings. The van der Waals surface area contributed by atoms with Crippen LogP contribution in [0.1, 0.15) is 34.8 Å². The number of carboxylic acid groups (broad SMARTS) is 1. The third-order valence-electron chi connectivity index (χ3n) is 6.75. The molecule has 214 valence electrons. The van der Waals surface area contributed by atoms with Crippen LogP contribution in [0.25, 0.3) is 0 Å². The minimum Gasteiger partial charge on any atom is -0.478 e. The van der Waals surface area contributed by atoms with Gasteiger partial charge in [0.25, 0.3) is 0 Å². The molecule has 0 fully saturated rings. The van der Waals surface area contributed by atoms with Crippen LogP contribution in [-0.4, -0.2) is 26.0 Å². The van der Waals surface area contributed by atoms with Crippen LogP contribution < -0.4 is 14.8 Å². The van der Waals surface area contributed by atoms with Crippen molar-refractivity contribution >= 4 is 44.9 Å². The number of carboxylic acids is 1. The van der Waals surface area contributed by atoms with E-state index in [0.29, 0.717) is 35.2 Å². The number of sulfonamides is 1. The highest BCUT2D eigenvalue weighted by Crippen LogP contribution is 2.41. The van der Waals surface area contributed by atoms with Gasteiger partial charge in [-0.1, -0.05) is 72.6 Å². The SMILES string of the molecule is C=CC1CC(CN(Cc2ccc(Cl)c(CC)c2)c2cc(C(=O)O)cc(S(N)(=O)=O)c2Oc2ccccc2)=CC=C1Cl. The summed E-state index contributed by atoms with van der Waals surface area (Å²) < 4.78 is 31.8. The van der Waals surface area contributed by atoms with Crippen molar-refractivity contribution < 1.29 is 23.1 Å². The Kier molecular flexibility index (Phi) is 9.60. The van der Waals surface area contributed by atoms with E-state index in [1.807, 2.05) is 42.2 Å². The first kappa shape index (κ1) is 30.4. The Morgan fingerprint density at radius 3 is 2.49 bits per heavy atom. The topological polar surface area (TPSA) is 110 Å². The van der Waals surface area contributed by atoms with Crippen molar-refractivity contribution in [2.75, 3.05) is 11.4 Å². The monoisotopic (exact) mass is 612 g/mol. The number of ether oxygens (including phenoxy) is 1. The molecule has 0 saturated carbocycles. The summed E-state index contributed by atoms with van der Waals surface area (Å²) in [6.45, 7) is 6.49. The summed E-state index contributed by atoms with van der Waals surface area (Å²) in [7, 11) is -4.40. The van der Waals surface area contributed by atoms with E-state index in [4.69, 9.17) is 33.1 Å². The number of nitrogens with zero attached hydrogens (tertiary/aromatic N) is 1. The second kappa shape index (κ2) is 13.0. The zero-order chi connectivity index (χ0) is 29.7. The summed E-state index contributed by atoms with van der Waals surface area (Å²) in [5.74, 6) is -1.09. The van der Waals surface area contributed by atoms with E-state index in [1.165, 1.54) is 6.07 Å². The molecule has 0 radical (unpaired) electrons. The van der Waals surface area contributed by atoms with Gasteiger partial charge in [-0.2, -0.15) is 0 Å². The van der Waals surface area contributed by atoms with Gasteiger partial charge >= 0.3 is 5.97 Å². The van der Waals surface area contributed by atoms with Crippen molar-refractivity contribution in [1.82, 2.24) is 0 Å². The van der Waals surface area contributed by atoms with Crippen molar-refractivity contribution in [1.29, 1.82) is 0 Å². The molecule has 0 aromatic heterocycles. The third kappa shape index (κ3) is 7.40. The molecule has 0 bridgehead atoms. The summed E-state index contributed by atoms with van der Waals surface area (Å²) >= 11 is 12.8. The first-order chi connectivity index (χ1) is 19.5. The molecule has 0 amide bonds. The first-order valence-corrected chi connectivity index (χ1v) is 15.2. The van der Waals surface area contributed by atoms with Gasteiger partial charge in [-0.15, -0.1) is 6.58 Å². The number of nitrogens with two attached hydrogens (primary N) is 1. The Morgan fingerprint density at radius 2 is 1.85 bits per heavy atom. The normalized spacial score (nSPS) is 15.1. The van der Waals surface area contributed by atoms with Crippen LogP contribution in [0.15, 0.2) is 101 Å². The molecule has 1 atom stereocenters. The zero-order valence-electron chi connectivity index (χ0n) is 22.4. The van der Waals surface area contributed by atoms with Gasteiger partial charge in [-0.25, -0.2) is 18.4 Å². The molecular formula is C31H30Cl2N2O5S. The number of aryl methyl sites for hydroxylation is 1. The van der Waals surface area contributed by atoms with Gasteiger partial charge in [0.1, 0.15) is 10.6 Å². The van der Waals surface area contributed by atoms with Gasteiger partial charge in [0.15, 0.2) is 5.75 Å². The van der Waals surface area contributed by atoms with E-state index in [9.17, 15) is 18.3 Å². The number of benzene rings is 3. The highest BCUT2D eigenvalue weighted by molar-refractivity contribution is 7.89. The van der Waals surface area contributed by atoms with Gasteiger partial charge in [0, 0.05) is 29.1 Å². The predicted octanol–water partition coefficient (Wildman–Crippen LogP) is 7.30. The number of halogens is 2. The molecule has 7 nitrogen and oxygen atoms in total. The molecule has 0 heterocycles. The summed E-state index contributed by atoms with van der Waals surface area (Å²) in [6.07, 6.45) is 6.80. The number of para-hydroxylation sites is 1. The lowest BCUT2D eigenvalue weighted by Crippen LogP contribution is -2.28. The van der Waals surface area contributed by atoms with Crippen molar-refractivity contribution in [2.24, 2.45) is 11.1 Å². The molecule has 0 aliphatic heterocycles. The number of rotatable bonds is 11. The molecule has 4 rings (SSSR count). The van der Waals surface area contributed by atoms with Gasteiger partial charge in [0.2, 0.25) is 10.0 Å². The average molecular weight is 614 g/mol.